The Morgan fingerprint density at radius 3 is 1.03 bits per heavy atom. The maximum atomic E-state index is 11.8. The molecule has 0 aliphatic rings. The summed E-state index contributed by atoms with van der Waals surface area (Å²) in [6, 6.07) is 0.0118. The number of nitrogens with two attached hydrogens (primary N) is 1. The quantitative estimate of drug-likeness (QED) is 0.106. The number of carbonyl (C=O) groups is 1. The van der Waals surface area contributed by atoms with Crippen molar-refractivity contribution in [2.75, 3.05) is 19.6 Å². The lowest BCUT2D eigenvalue weighted by Crippen LogP contribution is -2.36. The molecule has 0 unspecified atom stereocenters. The molecule has 0 radical (unpaired) electrons. The van der Waals surface area contributed by atoms with Gasteiger partial charge in [-0.1, -0.05) is 142 Å². The Morgan fingerprint density at radius 2 is 0.727 bits per heavy atom. The third kappa shape index (κ3) is 29.2. The van der Waals surface area contributed by atoms with Gasteiger partial charge in [-0.3, -0.25) is 0 Å². The van der Waals surface area contributed by atoms with Crippen LogP contribution in [0.5, 0.6) is 0 Å². The second-order valence-electron chi connectivity index (χ2n) is 10.1. The summed E-state index contributed by atoms with van der Waals surface area (Å²) >= 11 is 0. The van der Waals surface area contributed by atoms with Crippen molar-refractivity contribution < 1.29 is 4.79 Å². The fourth-order valence-corrected chi connectivity index (χ4v) is 4.47. The number of carbonyl (C=O) groups excluding carboxylic acids is 1. The summed E-state index contributed by atoms with van der Waals surface area (Å²) < 4.78 is 0. The molecular weight excluding hydrogens is 406 g/mol. The Kier molecular flexibility index (Phi) is 28.6. The predicted octanol–water partition coefficient (Wildman–Crippen LogP) is 8.63. The molecule has 198 valence electrons. The molecule has 2 amide bonds. The van der Waals surface area contributed by atoms with E-state index >= 15 is 0 Å². The van der Waals surface area contributed by atoms with Gasteiger partial charge in [-0.25, -0.2) is 4.79 Å². The number of hydrogen-bond acceptors (Lipinski definition) is 2. The van der Waals surface area contributed by atoms with E-state index in [0.29, 0.717) is 0 Å². The minimum atomic E-state index is 0.0118. The summed E-state index contributed by atoms with van der Waals surface area (Å²) in [5, 5.41) is 5.99. The van der Waals surface area contributed by atoms with Gasteiger partial charge in [0.25, 0.3) is 0 Å². The van der Waals surface area contributed by atoms with Crippen LogP contribution < -0.4 is 16.4 Å². The molecule has 0 saturated carbocycles. The maximum absolute atomic E-state index is 11.8. The third-order valence-corrected chi connectivity index (χ3v) is 6.73. The van der Waals surface area contributed by atoms with Crippen LogP contribution >= 0.6 is 0 Å². The molecule has 4 heteroatoms. The van der Waals surface area contributed by atoms with Crippen molar-refractivity contribution in [3.8, 4) is 0 Å². The molecule has 4 N–H and O–H groups in total. The average Bonchev–Trinajstić information content (AvgIpc) is 2.82. The average molecular weight is 468 g/mol. The van der Waals surface area contributed by atoms with Gasteiger partial charge in [0.2, 0.25) is 0 Å². The van der Waals surface area contributed by atoms with Crippen molar-refractivity contribution in [1.29, 1.82) is 0 Å². The lowest BCUT2D eigenvalue weighted by atomic mass is 10.0. The van der Waals surface area contributed by atoms with Crippen LogP contribution in [0.15, 0.2) is 0 Å². The van der Waals surface area contributed by atoms with Crippen LogP contribution in [0, 0.1) is 0 Å². The van der Waals surface area contributed by atoms with Crippen molar-refractivity contribution >= 4 is 6.03 Å². The van der Waals surface area contributed by atoms with Gasteiger partial charge in [0.15, 0.2) is 0 Å². The van der Waals surface area contributed by atoms with Crippen LogP contribution in [0.4, 0.5) is 4.79 Å². The standard InChI is InChI=1S/C29H61N3O/c1-2-3-4-5-6-7-8-9-10-11-12-13-15-18-21-24-27-31-29(33)32-28-25-22-19-16-14-17-20-23-26-30/h2-28,30H2,1H3,(H2,31,32,33). The minimum absolute atomic E-state index is 0.0118. The summed E-state index contributed by atoms with van der Waals surface area (Å²) in [6.07, 6.45) is 32.1. The molecule has 33 heavy (non-hydrogen) atoms. The van der Waals surface area contributed by atoms with Crippen LogP contribution in [-0.2, 0) is 0 Å². The summed E-state index contributed by atoms with van der Waals surface area (Å²) in [4.78, 5) is 11.8. The van der Waals surface area contributed by atoms with Crippen LogP contribution in [0.1, 0.15) is 161 Å². The predicted molar refractivity (Wildman–Crippen MR) is 147 cm³/mol. The molecule has 0 rings (SSSR count). The second-order valence-corrected chi connectivity index (χ2v) is 10.1. The Bertz CT molecular complexity index is 376. The number of hydrogen-bond donors (Lipinski definition) is 3. The maximum Gasteiger partial charge on any atom is 0.314 e. The highest BCUT2D eigenvalue weighted by Crippen LogP contribution is 2.13. The van der Waals surface area contributed by atoms with Crippen molar-refractivity contribution in [1.82, 2.24) is 10.6 Å². The molecule has 0 heterocycles. The first-order valence-electron chi connectivity index (χ1n) is 15.0. The molecule has 0 spiro atoms. The number of amides is 2. The minimum Gasteiger partial charge on any atom is -0.338 e. The molecular formula is C29H61N3O. The fourth-order valence-electron chi connectivity index (χ4n) is 4.47. The molecule has 0 aliphatic heterocycles. The van der Waals surface area contributed by atoms with Gasteiger partial charge >= 0.3 is 6.03 Å². The molecule has 0 bridgehead atoms. The van der Waals surface area contributed by atoms with Gasteiger partial charge in [-0.05, 0) is 25.8 Å². The second kappa shape index (κ2) is 29.3. The highest BCUT2D eigenvalue weighted by Gasteiger charge is 1.99. The number of nitrogens with one attached hydrogen (secondary N) is 2. The van der Waals surface area contributed by atoms with Gasteiger partial charge in [-0.15, -0.1) is 0 Å². The first-order valence-corrected chi connectivity index (χ1v) is 15.0. The third-order valence-electron chi connectivity index (χ3n) is 6.73. The molecule has 4 nitrogen and oxygen atoms in total. The lowest BCUT2D eigenvalue weighted by Gasteiger charge is -2.08. The zero-order valence-corrected chi connectivity index (χ0v) is 22.6. The topological polar surface area (TPSA) is 67.2 Å². The van der Waals surface area contributed by atoms with Gasteiger partial charge < -0.3 is 16.4 Å². The highest BCUT2D eigenvalue weighted by molar-refractivity contribution is 5.73. The molecule has 0 aromatic rings. The number of urea groups is 1. The van der Waals surface area contributed by atoms with E-state index in [1.165, 1.54) is 141 Å². The SMILES string of the molecule is CCCCCCCCCCCCCCCCCCNC(=O)NCCCCCCCCCCN. The van der Waals surface area contributed by atoms with Gasteiger partial charge in [-0.2, -0.15) is 0 Å². The molecule has 0 aromatic carbocycles. The van der Waals surface area contributed by atoms with Crippen LogP contribution in [0.2, 0.25) is 0 Å². The lowest BCUT2D eigenvalue weighted by molar-refractivity contribution is 0.240. The van der Waals surface area contributed by atoms with Crippen molar-refractivity contribution in [2.45, 2.75) is 161 Å². The Morgan fingerprint density at radius 1 is 0.455 bits per heavy atom. The summed E-state index contributed by atoms with van der Waals surface area (Å²) in [6.45, 7) is 4.73. The summed E-state index contributed by atoms with van der Waals surface area (Å²) in [5.74, 6) is 0. The normalized spacial score (nSPS) is 11.1. The van der Waals surface area contributed by atoms with E-state index < -0.39 is 0 Å². The van der Waals surface area contributed by atoms with E-state index in [2.05, 4.69) is 17.6 Å². The van der Waals surface area contributed by atoms with E-state index in [0.717, 1.165) is 32.5 Å². The molecule has 0 atom stereocenters. The van der Waals surface area contributed by atoms with Gasteiger partial charge in [0, 0.05) is 13.1 Å². The fraction of sp³-hybridized carbons (Fsp3) is 0.966. The van der Waals surface area contributed by atoms with Gasteiger partial charge in [0.05, 0.1) is 0 Å². The first kappa shape index (κ1) is 32.2. The largest absolute Gasteiger partial charge is 0.338 e. The summed E-state index contributed by atoms with van der Waals surface area (Å²) in [7, 11) is 0. The van der Waals surface area contributed by atoms with Crippen molar-refractivity contribution in [3.05, 3.63) is 0 Å². The Labute approximate surface area is 208 Å². The van der Waals surface area contributed by atoms with E-state index in [1.54, 1.807) is 0 Å². The van der Waals surface area contributed by atoms with Crippen LogP contribution in [-0.4, -0.2) is 25.7 Å². The zero-order chi connectivity index (χ0) is 24.1. The summed E-state index contributed by atoms with van der Waals surface area (Å²) in [5.41, 5.74) is 5.51. The molecule has 0 aliphatic carbocycles. The smallest absolute Gasteiger partial charge is 0.314 e. The zero-order valence-electron chi connectivity index (χ0n) is 22.6. The van der Waals surface area contributed by atoms with Crippen LogP contribution in [0.25, 0.3) is 0 Å². The molecule has 0 saturated heterocycles. The van der Waals surface area contributed by atoms with Crippen LogP contribution in [0.3, 0.4) is 0 Å². The number of rotatable bonds is 27. The Balaban J connectivity index is 3.13. The highest BCUT2D eigenvalue weighted by atomic mass is 16.2. The van der Waals surface area contributed by atoms with E-state index in [-0.39, 0.29) is 6.03 Å². The van der Waals surface area contributed by atoms with Gasteiger partial charge in [0.1, 0.15) is 0 Å². The van der Waals surface area contributed by atoms with E-state index in [1.807, 2.05) is 0 Å². The van der Waals surface area contributed by atoms with Crippen molar-refractivity contribution in [2.24, 2.45) is 5.73 Å². The molecule has 0 aromatic heterocycles. The first-order chi connectivity index (χ1) is 16.3. The monoisotopic (exact) mass is 467 g/mol. The van der Waals surface area contributed by atoms with E-state index in [4.69, 9.17) is 5.73 Å². The van der Waals surface area contributed by atoms with Crippen molar-refractivity contribution in [3.63, 3.8) is 0 Å². The van der Waals surface area contributed by atoms with E-state index in [9.17, 15) is 4.79 Å². The molecule has 0 fully saturated rings. The Hall–Kier alpha value is -0.770. The number of unbranched alkanes of at least 4 members (excludes halogenated alkanes) is 22.